The number of alkyl halides is 3. The van der Waals surface area contributed by atoms with Crippen LogP contribution in [-0.2, 0) is 16.4 Å². The van der Waals surface area contributed by atoms with Crippen LogP contribution in [0.3, 0.4) is 0 Å². The Kier molecular flexibility index (Phi) is 4.49. The van der Waals surface area contributed by atoms with E-state index < -0.39 is 11.7 Å². The second-order valence-corrected chi connectivity index (χ2v) is 8.32. The zero-order chi connectivity index (χ0) is 18.4. The summed E-state index contributed by atoms with van der Waals surface area (Å²) < 4.78 is 38.8. The van der Waals surface area contributed by atoms with Gasteiger partial charge in [-0.25, -0.2) is 0 Å². The lowest BCUT2D eigenvalue weighted by Crippen LogP contribution is -2.40. The Hall–Kier alpha value is -1.56. The fraction of sp³-hybridized carbons (Fsp3) is 0.650. The van der Waals surface area contributed by atoms with E-state index in [0.717, 1.165) is 31.7 Å². The molecule has 3 fully saturated rings. The maximum Gasteiger partial charge on any atom is 0.416 e. The molecule has 4 rings (SSSR count). The molecule has 2 unspecified atom stereocenters. The number of piperidine rings is 1. The molecule has 1 amide bonds. The summed E-state index contributed by atoms with van der Waals surface area (Å²) in [5.41, 5.74) is -0.241. The molecule has 2 aliphatic heterocycles. The van der Waals surface area contributed by atoms with Gasteiger partial charge in [-0.05, 0) is 56.1 Å². The monoisotopic (exact) mass is 366 g/mol. The first-order valence-corrected chi connectivity index (χ1v) is 9.55. The van der Waals surface area contributed by atoms with Crippen molar-refractivity contribution in [2.45, 2.75) is 68.6 Å². The summed E-state index contributed by atoms with van der Waals surface area (Å²) in [6, 6.07) is 6.68. The third kappa shape index (κ3) is 3.75. The molecule has 26 heavy (non-hydrogen) atoms. The van der Waals surface area contributed by atoms with E-state index in [4.69, 9.17) is 0 Å². The molecule has 142 valence electrons. The predicted octanol–water partition coefficient (Wildman–Crippen LogP) is 3.77. The maximum atomic E-state index is 12.9. The molecule has 6 heteroatoms. The molecule has 0 radical (unpaired) electrons. The lowest BCUT2D eigenvalue weighted by Gasteiger charge is -2.29. The highest BCUT2D eigenvalue weighted by Crippen LogP contribution is 2.48. The standard InChI is InChI=1S/C20H25F3N2O/c21-20(22,23)15-3-1-2-14(11-15)19(6-7-19)12-24-18(26)10-13-8-16-4-5-17(9-13)25-16/h1-3,11,13,16-17,25H,4-10,12H2,(H,24,26). The van der Waals surface area contributed by atoms with Gasteiger partial charge in [0.2, 0.25) is 5.91 Å². The molecule has 0 spiro atoms. The second kappa shape index (κ2) is 6.55. The number of hydrogen-bond acceptors (Lipinski definition) is 2. The van der Waals surface area contributed by atoms with Crippen molar-refractivity contribution in [2.24, 2.45) is 5.92 Å². The lowest BCUT2D eigenvalue weighted by molar-refractivity contribution is -0.137. The quantitative estimate of drug-likeness (QED) is 0.833. The van der Waals surface area contributed by atoms with E-state index in [1.807, 2.05) is 0 Å². The zero-order valence-corrected chi connectivity index (χ0v) is 14.7. The molecule has 2 saturated heterocycles. The molecule has 1 aliphatic carbocycles. The van der Waals surface area contributed by atoms with Gasteiger partial charge in [0, 0.05) is 30.5 Å². The summed E-state index contributed by atoms with van der Waals surface area (Å²) in [4.78, 5) is 12.4. The topological polar surface area (TPSA) is 41.1 Å². The van der Waals surface area contributed by atoms with Crippen molar-refractivity contribution in [2.75, 3.05) is 6.54 Å². The molecule has 1 aromatic carbocycles. The normalized spacial score (nSPS) is 29.4. The van der Waals surface area contributed by atoms with Gasteiger partial charge in [-0.3, -0.25) is 4.79 Å². The number of fused-ring (bicyclic) bond motifs is 2. The summed E-state index contributed by atoms with van der Waals surface area (Å²) in [6.07, 6.45) is 2.39. The van der Waals surface area contributed by atoms with Crippen molar-refractivity contribution in [3.8, 4) is 0 Å². The number of halogens is 3. The third-order valence-corrected chi connectivity index (χ3v) is 6.32. The van der Waals surface area contributed by atoms with E-state index in [-0.39, 0.29) is 11.3 Å². The van der Waals surface area contributed by atoms with Gasteiger partial charge in [-0.2, -0.15) is 13.2 Å². The van der Waals surface area contributed by atoms with E-state index in [1.165, 1.54) is 25.0 Å². The number of benzene rings is 1. The molecule has 1 aromatic rings. The predicted molar refractivity (Wildman–Crippen MR) is 92.7 cm³/mol. The van der Waals surface area contributed by atoms with Gasteiger partial charge in [-0.1, -0.05) is 18.2 Å². The van der Waals surface area contributed by atoms with Gasteiger partial charge < -0.3 is 10.6 Å². The minimum absolute atomic E-state index is 0.0366. The van der Waals surface area contributed by atoms with Crippen LogP contribution in [0.15, 0.2) is 24.3 Å². The van der Waals surface area contributed by atoms with Crippen molar-refractivity contribution in [3.05, 3.63) is 35.4 Å². The second-order valence-electron chi connectivity index (χ2n) is 8.32. The van der Waals surface area contributed by atoms with Crippen LogP contribution in [-0.4, -0.2) is 24.5 Å². The largest absolute Gasteiger partial charge is 0.416 e. The Morgan fingerprint density at radius 1 is 1.19 bits per heavy atom. The molecule has 3 nitrogen and oxygen atoms in total. The van der Waals surface area contributed by atoms with Gasteiger partial charge in [-0.15, -0.1) is 0 Å². The van der Waals surface area contributed by atoms with Gasteiger partial charge in [0.05, 0.1) is 5.56 Å². The smallest absolute Gasteiger partial charge is 0.355 e. The summed E-state index contributed by atoms with van der Waals surface area (Å²) in [5, 5.41) is 6.57. The van der Waals surface area contributed by atoms with Crippen molar-refractivity contribution in [3.63, 3.8) is 0 Å². The number of rotatable bonds is 5. The maximum absolute atomic E-state index is 12.9. The van der Waals surface area contributed by atoms with E-state index >= 15 is 0 Å². The molecular weight excluding hydrogens is 341 g/mol. The molecule has 2 N–H and O–H groups in total. The van der Waals surface area contributed by atoms with E-state index in [1.54, 1.807) is 6.07 Å². The number of hydrogen-bond donors (Lipinski definition) is 2. The van der Waals surface area contributed by atoms with Crippen LogP contribution in [0.4, 0.5) is 13.2 Å². The van der Waals surface area contributed by atoms with E-state index in [9.17, 15) is 18.0 Å². The Bertz CT molecular complexity index is 672. The fourth-order valence-corrected chi connectivity index (χ4v) is 4.69. The molecule has 0 aromatic heterocycles. The molecule has 2 bridgehead atoms. The summed E-state index contributed by atoms with van der Waals surface area (Å²) in [5.74, 6) is 0.465. The van der Waals surface area contributed by atoms with E-state index in [2.05, 4.69) is 10.6 Å². The first-order valence-electron chi connectivity index (χ1n) is 9.55. The average Bonchev–Trinajstić information content (AvgIpc) is 3.32. The van der Waals surface area contributed by atoms with Gasteiger partial charge in [0.1, 0.15) is 0 Å². The summed E-state index contributed by atoms with van der Waals surface area (Å²) >= 11 is 0. The van der Waals surface area contributed by atoms with Gasteiger partial charge in [0.25, 0.3) is 0 Å². The number of amides is 1. The number of carbonyl (C=O) groups is 1. The Labute approximate surface area is 151 Å². The molecule has 2 heterocycles. The number of nitrogens with one attached hydrogen (secondary N) is 2. The molecule has 2 atom stereocenters. The average molecular weight is 366 g/mol. The summed E-state index contributed by atoms with van der Waals surface area (Å²) in [7, 11) is 0. The van der Waals surface area contributed by atoms with Gasteiger partial charge in [0.15, 0.2) is 0 Å². The van der Waals surface area contributed by atoms with Gasteiger partial charge >= 0.3 is 6.18 Å². The zero-order valence-electron chi connectivity index (χ0n) is 14.7. The Morgan fingerprint density at radius 2 is 1.88 bits per heavy atom. The van der Waals surface area contributed by atoms with Crippen LogP contribution < -0.4 is 10.6 Å². The Balaban J connectivity index is 1.33. The third-order valence-electron chi connectivity index (χ3n) is 6.32. The van der Waals surface area contributed by atoms with Crippen LogP contribution in [0.5, 0.6) is 0 Å². The molecular formula is C20H25F3N2O. The fourth-order valence-electron chi connectivity index (χ4n) is 4.69. The van der Waals surface area contributed by atoms with Crippen LogP contribution >= 0.6 is 0 Å². The van der Waals surface area contributed by atoms with Crippen LogP contribution in [0.25, 0.3) is 0 Å². The summed E-state index contributed by atoms with van der Waals surface area (Å²) in [6.45, 7) is 0.435. The minimum Gasteiger partial charge on any atom is -0.355 e. The van der Waals surface area contributed by atoms with Crippen molar-refractivity contribution < 1.29 is 18.0 Å². The highest BCUT2D eigenvalue weighted by atomic mass is 19.4. The lowest BCUT2D eigenvalue weighted by atomic mass is 9.89. The van der Waals surface area contributed by atoms with Crippen molar-refractivity contribution >= 4 is 5.91 Å². The van der Waals surface area contributed by atoms with Crippen molar-refractivity contribution in [1.82, 2.24) is 10.6 Å². The van der Waals surface area contributed by atoms with Crippen LogP contribution in [0, 0.1) is 5.92 Å². The molecule has 1 saturated carbocycles. The number of carbonyl (C=O) groups excluding carboxylic acids is 1. The first kappa shape index (κ1) is 17.8. The minimum atomic E-state index is -4.33. The SMILES string of the molecule is O=C(CC1CC2CCC(C1)N2)NCC1(c2cccc(C(F)(F)F)c2)CC1. The van der Waals surface area contributed by atoms with Crippen LogP contribution in [0.2, 0.25) is 0 Å². The molecule has 3 aliphatic rings. The first-order chi connectivity index (χ1) is 12.3. The van der Waals surface area contributed by atoms with E-state index in [0.29, 0.717) is 36.5 Å². The van der Waals surface area contributed by atoms with Crippen LogP contribution in [0.1, 0.15) is 56.1 Å². The highest BCUT2D eigenvalue weighted by Gasteiger charge is 2.45. The Morgan fingerprint density at radius 3 is 2.50 bits per heavy atom. The highest BCUT2D eigenvalue weighted by molar-refractivity contribution is 5.76. The van der Waals surface area contributed by atoms with Crippen molar-refractivity contribution in [1.29, 1.82) is 0 Å².